The van der Waals surface area contributed by atoms with Gasteiger partial charge in [0.05, 0.1) is 13.1 Å². The molecule has 0 aliphatic rings. The van der Waals surface area contributed by atoms with Gasteiger partial charge >= 0.3 is 0 Å². The molecule has 0 spiro atoms. The molecule has 0 aliphatic heterocycles. The molecule has 18 heavy (non-hydrogen) atoms. The molecule has 98 valence electrons. The Morgan fingerprint density at radius 2 is 2.06 bits per heavy atom. The van der Waals surface area contributed by atoms with Crippen LogP contribution in [0, 0.1) is 0 Å². The number of primary amides is 1. The van der Waals surface area contributed by atoms with Crippen molar-refractivity contribution in [1.82, 2.24) is 10.2 Å². The second-order valence-corrected chi connectivity index (χ2v) is 4.03. The number of likely N-dealkylation sites (N-methyl/N-ethyl adjacent to an activating group) is 1. The zero-order chi connectivity index (χ0) is 13.5. The molecule has 0 atom stereocenters. The van der Waals surface area contributed by atoms with E-state index in [-0.39, 0.29) is 19.0 Å². The van der Waals surface area contributed by atoms with E-state index in [1.54, 1.807) is 24.1 Å². The first-order valence-electron chi connectivity index (χ1n) is 5.57. The molecule has 0 bridgehead atoms. The number of hydrogen-bond donors (Lipinski definition) is 3. The topological polar surface area (TPSA) is 101 Å². The zero-order valence-corrected chi connectivity index (χ0v) is 10.3. The molecular weight excluding hydrogens is 232 g/mol. The molecule has 1 aromatic carbocycles. The van der Waals surface area contributed by atoms with Crippen LogP contribution in [0.5, 0.6) is 0 Å². The summed E-state index contributed by atoms with van der Waals surface area (Å²) in [5.74, 6) is -0.636. The molecule has 0 fully saturated rings. The van der Waals surface area contributed by atoms with Crippen molar-refractivity contribution in [2.45, 2.75) is 6.54 Å². The van der Waals surface area contributed by atoms with Gasteiger partial charge in [-0.2, -0.15) is 0 Å². The normalized spacial score (nSPS) is 10.3. The summed E-state index contributed by atoms with van der Waals surface area (Å²) in [4.78, 5) is 24.0. The minimum absolute atomic E-state index is 0.0300. The number of rotatable bonds is 6. The molecule has 0 aliphatic carbocycles. The quantitative estimate of drug-likeness (QED) is 0.581. The summed E-state index contributed by atoms with van der Waals surface area (Å²) in [5.41, 5.74) is 12.4. The number of anilines is 1. The van der Waals surface area contributed by atoms with Crippen molar-refractivity contribution in [2.24, 2.45) is 5.73 Å². The van der Waals surface area contributed by atoms with E-state index in [0.29, 0.717) is 12.2 Å². The van der Waals surface area contributed by atoms with Gasteiger partial charge in [0.15, 0.2) is 0 Å². The fourth-order valence-corrected chi connectivity index (χ4v) is 1.62. The van der Waals surface area contributed by atoms with Gasteiger partial charge in [-0.3, -0.25) is 14.5 Å². The first-order chi connectivity index (χ1) is 8.51. The van der Waals surface area contributed by atoms with Gasteiger partial charge in [-0.05, 0) is 17.7 Å². The molecule has 5 N–H and O–H groups in total. The molecule has 0 unspecified atom stereocenters. The first-order valence-corrected chi connectivity index (χ1v) is 5.57. The second kappa shape index (κ2) is 6.61. The van der Waals surface area contributed by atoms with Crippen molar-refractivity contribution in [3.63, 3.8) is 0 Å². The third-order valence-electron chi connectivity index (χ3n) is 2.38. The van der Waals surface area contributed by atoms with E-state index in [1.165, 1.54) is 0 Å². The molecular formula is C12H18N4O2. The Morgan fingerprint density at radius 3 is 2.61 bits per heavy atom. The van der Waals surface area contributed by atoms with Crippen LogP contribution in [0.15, 0.2) is 24.3 Å². The van der Waals surface area contributed by atoms with E-state index < -0.39 is 5.91 Å². The molecule has 0 radical (unpaired) electrons. The van der Waals surface area contributed by atoms with Crippen LogP contribution < -0.4 is 16.8 Å². The van der Waals surface area contributed by atoms with Crippen LogP contribution in [0.2, 0.25) is 0 Å². The molecule has 0 aromatic heterocycles. The number of carbonyl (C=O) groups is 2. The molecule has 6 heteroatoms. The number of nitrogen functional groups attached to an aromatic ring is 1. The Balaban J connectivity index is 2.71. The van der Waals surface area contributed by atoms with Crippen LogP contribution in [0.25, 0.3) is 0 Å². The van der Waals surface area contributed by atoms with E-state index in [4.69, 9.17) is 11.5 Å². The van der Waals surface area contributed by atoms with Gasteiger partial charge in [-0.25, -0.2) is 0 Å². The SMILES string of the molecule is CNC(=O)CN(CC(N)=O)Cc1cccc(N)c1. The Kier molecular flexibility index (Phi) is 5.13. The summed E-state index contributed by atoms with van der Waals surface area (Å²) in [6.07, 6.45) is 0. The third-order valence-corrected chi connectivity index (χ3v) is 2.38. The Labute approximate surface area is 106 Å². The highest BCUT2D eigenvalue weighted by molar-refractivity contribution is 5.80. The van der Waals surface area contributed by atoms with E-state index in [9.17, 15) is 9.59 Å². The number of carbonyl (C=O) groups excluding carboxylic acids is 2. The summed E-state index contributed by atoms with van der Waals surface area (Å²) in [5, 5.41) is 2.51. The highest BCUT2D eigenvalue weighted by atomic mass is 16.2. The van der Waals surface area contributed by atoms with E-state index >= 15 is 0 Å². The average molecular weight is 250 g/mol. The van der Waals surface area contributed by atoms with Crippen LogP contribution in [0.1, 0.15) is 5.56 Å². The molecule has 0 saturated heterocycles. The number of nitrogens with one attached hydrogen (secondary N) is 1. The molecule has 0 saturated carbocycles. The van der Waals surface area contributed by atoms with Crippen LogP contribution in [-0.2, 0) is 16.1 Å². The standard InChI is InChI=1S/C12H18N4O2/c1-15-12(18)8-16(7-11(14)17)6-9-3-2-4-10(13)5-9/h2-5H,6-8,13H2,1H3,(H2,14,17)(H,15,18). The lowest BCUT2D eigenvalue weighted by molar-refractivity contribution is -0.123. The molecule has 1 aromatic rings. The van der Waals surface area contributed by atoms with Crippen molar-refractivity contribution in [3.8, 4) is 0 Å². The Morgan fingerprint density at radius 1 is 1.33 bits per heavy atom. The van der Waals surface area contributed by atoms with Crippen LogP contribution in [0.4, 0.5) is 5.69 Å². The Hall–Kier alpha value is -2.08. The fourth-order valence-electron chi connectivity index (χ4n) is 1.62. The number of amides is 2. The van der Waals surface area contributed by atoms with Crippen molar-refractivity contribution < 1.29 is 9.59 Å². The first kappa shape index (κ1) is 14.0. The van der Waals surface area contributed by atoms with Crippen LogP contribution >= 0.6 is 0 Å². The second-order valence-electron chi connectivity index (χ2n) is 4.03. The van der Waals surface area contributed by atoms with Crippen molar-refractivity contribution >= 4 is 17.5 Å². The number of hydrogen-bond acceptors (Lipinski definition) is 4. The predicted molar refractivity (Wildman–Crippen MR) is 69.4 cm³/mol. The summed E-state index contributed by atoms with van der Waals surface area (Å²) < 4.78 is 0. The maximum absolute atomic E-state index is 11.3. The predicted octanol–water partition coefficient (Wildman–Crippen LogP) is -0.698. The zero-order valence-electron chi connectivity index (χ0n) is 10.3. The monoisotopic (exact) mass is 250 g/mol. The fraction of sp³-hybridized carbons (Fsp3) is 0.333. The molecule has 0 heterocycles. The van der Waals surface area contributed by atoms with Gasteiger partial charge in [-0.15, -0.1) is 0 Å². The maximum Gasteiger partial charge on any atom is 0.233 e. The van der Waals surface area contributed by atoms with Gasteiger partial charge in [-0.1, -0.05) is 12.1 Å². The van der Waals surface area contributed by atoms with E-state index in [0.717, 1.165) is 5.56 Å². The largest absolute Gasteiger partial charge is 0.399 e. The smallest absolute Gasteiger partial charge is 0.233 e. The highest BCUT2D eigenvalue weighted by Crippen LogP contribution is 2.09. The lowest BCUT2D eigenvalue weighted by Crippen LogP contribution is -2.40. The highest BCUT2D eigenvalue weighted by Gasteiger charge is 2.12. The lowest BCUT2D eigenvalue weighted by Gasteiger charge is -2.19. The summed E-state index contributed by atoms with van der Waals surface area (Å²) in [7, 11) is 1.55. The summed E-state index contributed by atoms with van der Waals surface area (Å²) in [6.45, 7) is 0.595. The van der Waals surface area contributed by atoms with Gasteiger partial charge < -0.3 is 16.8 Å². The van der Waals surface area contributed by atoms with Gasteiger partial charge in [0, 0.05) is 19.3 Å². The average Bonchev–Trinajstić information content (AvgIpc) is 2.27. The summed E-state index contributed by atoms with van der Waals surface area (Å²) >= 11 is 0. The summed E-state index contributed by atoms with van der Waals surface area (Å²) in [6, 6.07) is 7.29. The molecule has 2 amide bonds. The van der Waals surface area contributed by atoms with Crippen molar-refractivity contribution in [2.75, 3.05) is 25.9 Å². The van der Waals surface area contributed by atoms with Crippen LogP contribution in [0.3, 0.4) is 0 Å². The van der Waals surface area contributed by atoms with Gasteiger partial charge in [0.2, 0.25) is 11.8 Å². The van der Waals surface area contributed by atoms with Gasteiger partial charge in [0.25, 0.3) is 0 Å². The minimum atomic E-state index is -0.470. The third kappa shape index (κ3) is 4.84. The van der Waals surface area contributed by atoms with Gasteiger partial charge in [0.1, 0.15) is 0 Å². The number of nitrogens with two attached hydrogens (primary N) is 2. The van der Waals surface area contributed by atoms with Crippen molar-refractivity contribution in [1.29, 1.82) is 0 Å². The van der Waals surface area contributed by atoms with E-state index in [2.05, 4.69) is 5.32 Å². The van der Waals surface area contributed by atoms with E-state index in [1.807, 2.05) is 12.1 Å². The Bertz CT molecular complexity index is 434. The maximum atomic E-state index is 11.3. The number of nitrogens with zero attached hydrogens (tertiary/aromatic N) is 1. The van der Waals surface area contributed by atoms with Crippen LogP contribution in [-0.4, -0.2) is 36.9 Å². The molecule has 6 nitrogen and oxygen atoms in total. The molecule has 1 rings (SSSR count). The van der Waals surface area contributed by atoms with Crippen molar-refractivity contribution in [3.05, 3.63) is 29.8 Å². The lowest BCUT2D eigenvalue weighted by atomic mass is 10.2. The number of benzene rings is 1. The minimum Gasteiger partial charge on any atom is -0.399 e.